The fraction of sp³-hybridized carbons (Fsp3) is 0.208. The van der Waals surface area contributed by atoms with Gasteiger partial charge in [-0.25, -0.2) is 4.98 Å². The summed E-state index contributed by atoms with van der Waals surface area (Å²) < 4.78 is 5.22. The number of aryl methyl sites for hydroxylation is 1. The Bertz CT molecular complexity index is 1190. The average molecular weight is 466 g/mol. The number of carbonyl (C=O) groups excluding carboxylic acids is 2. The molecule has 0 unspecified atom stereocenters. The summed E-state index contributed by atoms with van der Waals surface area (Å²) in [5.41, 5.74) is 3.01. The smallest absolute Gasteiger partial charge is 0.306 e. The molecule has 0 radical (unpaired) electrons. The molecule has 2 aromatic carbocycles. The molecule has 3 aromatic rings. The first-order valence-electron chi connectivity index (χ1n) is 9.50. The number of fused-ring (bicyclic) bond motifs is 1. The van der Waals surface area contributed by atoms with Crippen LogP contribution >= 0.6 is 15.9 Å². The maximum atomic E-state index is 12.6. The molecule has 0 saturated carbocycles. The minimum absolute atomic E-state index is 0.0712. The fourth-order valence-corrected chi connectivity index (χ4v) is 3.46. The lowest BCUT2D eigenvalue weighted by Gasteiger charge is -2.09. The van der Waals surface area contributed by atoms with Crippen LogP contribution in [0.2, 0.25) is 0 Å². The van der Waals surface area contributed by atoms with E-state index >= 15 is 0 Å². The van der Waals surface area contributed by atoms with Crippen LogP contribution < -0.4 is 0 Å². The lowest BCUT2D eigenvalue weighted by atomic mass is 10.0. The van der Waals surface area contributed by atoms with Crippen molar-refractivity contribution in [2.45, 2.75) is 26.7 Å². The molecule has 0 spiro atoms. The third kappa shape index (κ3) is 4.69. The number of ether oxygens (including phenoxy) is 1. The standard InChI is InChI=1S/C24H20BrNO4/c1-3-30-20(28)14-13-19(27)23-24(29)21(25)18-10-6-9-17(22(18)26-23)12-11-16-8-5-4-7-15(16)2/h4-10,29H,3,13-14H2,1-2H3. The SMILES string of the molecule is CCOC(=O)CCC(=O)c1nc2c(C#Cc3ccccc3C)cccc2c(Br)c1O. The van der Waals surface area contributed by atoms with Crippen molar-refractivity contribution in [3.63, 3.8) is 0 Å². The number of hydrogen-bond acceptors (Lipinski definition) is 5. The van der Waals surface area contributed by atoms with Crippen molar-refractivity contribution in [2.75, 3.05) is 6.61 Å². The van der Waals surface area contributed by atoms with Crippen LogP contribution in [0.4, 0.5) is 0 Å². The van der Waals surface area contributed by atoms with E-state index in [1.807, 2.05) is 43.3 Å². The Balaban J connectivity index is 2.02. The Morgan fingerprint density at radius 1 is 1.07 bits per heavy atom. The maximum Gasteiger partial charge on any atom is 0.306 e. The molecule has 1 aromatic heterocycles. The summed E-state index contributed by atoms with van der Waals surface area (Å²) in [5.74, 6) is 5.12. The van der Waals surface area contributed by atoms with E-state index in [1.54, 1.807) is 13.0 Å². The summed E-state index contributed by atoms with van der Waals surface area (Å²) in [7, 11) is 0. The molecule has 0 fully saturated rings. The summed E-state index contributed by atoms with van der Waals surface area (Å²) >= 11 is 3.36. The zero-order valence-corrected chi connectivity index (χ0v) is 18.2. The fourth-order valence-electron chi connectivity index (χ4n) is 2.95. The van der Waals surface area contributed by atoms with Gasteiger partial charge in [-0.1, -0.05) is 42.2 Å². The number of pyridine rings is 1. The van der Waals surface area contributed by atoms with Crippen molar-refractivity contribution in [3.8, 4) is 17.6 Å². The predicted molar refractivity (Wildman–Crippen MR) is 118 cm³/mol. The minimum atomic E-state index is -0.463. The summed E-state index contributed by atoms with van der Waals surface area (Å²) in [6.07, 6.45) is -0.174. The van der Waals surface area contributed by atoms with Gasteiger partial charge in [0.15, 0.2) is 11.5 Å². The van der Waals surface area contributed by atoms with Gasteiger partial charge in [-0.15, -0.1) is 0 Å². The number of ketones is 1. The Labute approximate surface area is 183 Å². The van der Waals surface area contributed by atoms with E-state index in [2.05, 4.69) is 32.8 Å². The van der Waals surface area contributed by atoms with Crippen LogP contribution in [0.25, 0.3) is 10.9 Å². The first-order valence-corrected chi connectivity index (χ1v) is 10.3. The predicted octanol–water partition coefficient (Wildman–Crippen LogP) is 4.94. The number of halogens is 1. The van der Waals surface area contributed by atoms with Crippen molar-refractivity contribution in [1.29, 1.82) is 0 Å². The van der Waals surface area contributed by atoms with Crippen LogP contribution in [-0.4, -0.2) is 28.4 Å². The summed E-state index contributed by atoms with van der Waals surface area (Å²) in [6.45, 7) is 3.94. The number of benzene rings is 2. The van der Waals surface area contributed by atoms with Gasteiger partial charge < -0.3 is 9.84 Å². The van der Waals surface area contributed by atoms with Crippen LogP contribution in [0.3, 0.4) is 0 Å². The molecule has 0 atom stereocenters. The monoisotopic (exact) mass is 465 g/mol. The topological polar surface area (TPSA) is 76.5 Å². The van der Waals surface area contributed by atoms with Gasteiger partial charge in [-0.05, 0) is 47.5 Å². The first kappa shape index (κ1) is 21.5. The number of esters is 1. The van der Waals surface area contributed by atoms with Crippen LogP contribution in [-0.2, 0) is 9.53 Å². The molecule has 6 heteroatoms. The molecular weight excluding hydrogens is 446 g/mol. The highest BCUT2D eigenvalue weighted by molar-refractivity contribution is 9.10. The van der Waals surface area contributed by atoms with E-state index in [9.17, 15) is 14.7 Å². The molecule has 0 aliphatic carbocycles. The highest BCUT2D eigenvalue weighted by Gasteiger charge is 2.20. The largest absolute Gasteiger partial charge is 0.504 e. The van der Waals surface area contributed by atoms with Crippen LogP contribution in [0.15, 0.2) is 46.9 Å². The first-order chi connectivity index (χ1) is 14.4. The number of nitrogens with zero attached hydrogens (tertiary/aromatic N) is 1. The molecule has 0 amide bonds. The lowest BCUT2D eigenvalue weighted by molar-refractivity contribution is -0.143. The molecular formula is C24H20BrNO4. The van der Waals surface area contributed by atoms with Crippen molar-refractivity contribution < 1.29 is 19.4 Å². The number of carbonyl (C=O) groups is 2. The maximum absolute atomic E-state index is 12.6. The second kappa shape index (κ2) is 9.55. The van der Waals surface area contributed by atoms with E-state index in [1.165, 1.54) is 0 Å². The average Bonchev–Trinajstić information content (AvgIpc) is 2.74. The van der Waals surface area contributed by atoms with E-state index in [-0.39, 0.29) is 30.9 Å². The van der Waals surface area contributed by atoms with Crippen molar-refractivity contribution in [1.82, 2.24) is 4.98 Å². The third-order valence-electron chi connectivity index (χ3n) is 4.53. The number of Topliss-reactive ketones (excluding diaryl/α,β-unsaturated/α-hetero) is 1. The van der Waals surface area contributed by atoms with Gasteiger partial charge in [0.05, 0.1) is 28.6 Å². The van der Waals surface area contributed by atoms with Crippen LogP contribution in [0.5, 0.6) is 5.75 Å². The van der Waals surface area contributed by atoms with E-state index in [0.29, 0.717) is 20.9 Å². The molecule has 0 bridgehead atoms. The summed E-state index contributed by atoms with van der Waals surface area (Å²) in [4.78, 5) is 28.6. The van der Waals surface area contributed by atoms with Crippen molar-refractivity contribution in [2.24, 2.45) is 0 Å². The normalized spacial score (nSPS) is 10.4. The Hall–Kier alpha value is -3.17. The zero-order valence-electron chi connectivity index (χ0n) is 16.7. The quantitative estimate of drug-likeness (QED) is 0.328. The Morgan fingerprint density at radius 3 is 2.50 bits per heavy atom. The van der Waals surface area contributed by atoms with Gasteiger partial charge >= 0.3 is 5.97 Å². The highest BCUT2D eigenvalue weighted by atomic mass is 79.9. The molecule has 0 aliphatic heterocycles. The van der Waals surface area contributed by atoms with Gasteiger partial charge in [-0.2, -0.15) is 0 Å². The van der Waals surface area contributed by atoms with Crippen LogP contribution in [0.1, 0.15) is 46.9 Å². The van der Waals surface area contributed by atoms with Gasteiger partial charge in [0.1, 0.15) is 5.69 Å². The molecule has 1 heterocycles. The van der Waals surface area contributed by atoms with E-state index in [4.69, 9.17) is 4.74 Å². The van der Waals surface area contributed by atoms with Crippen molar-refractivity contribution in [3.05, 3.63) is 69.3 Å². The third-order valence-corrected chi connectivity index (χ3v) is 5.33. The summed E-state index contributed by atoms with van der Waals surface area (Å²) in [5, 5.41) is 11.1. The number of aromatic nitrogens is 1. The van der Waals surface area contributed by atoms with E-state index in [0.717, 1.165) is 11.1 Å². The second-order valence-electron chi connectivity index (χ2n) is 6.62. The van der Waals surface area contributed by atoms with Crippen LogP contribution in [0, 0.1) is 18.8 Å². The molecule has 152 valence electrons. The molecule has 0 aliphatic rings. The van der Waals surface area contributed by atoms with Gasteiger partial charge in [-0.3, -0.25) is 9.59 Å². The number of hydrogen-bond donors (Lipinski definition) is 1. The van der Waals surface area contributed by atoms with E-state index < -0.39 is 11.8 Å². The molecule has 0 saturated heterocycles. The zero-order chi connectivity index (χ0) is 21.7. The molecule has 3 rings (SSSR count). The van der Waals surface area contributed by atoms with Gasteiger partial charge in [0.2, 0.25) is 0 Å². The minimum Gasteiger partial charge on any atom is -0.504 e. The molecule has 5 nitrogen and oxygen atoms in total. The second-order valence-corrected chi connectivity index (χ2v) is 7.41. The number of rotatable bonds is 5. The lowest BCUT2D eigenvalue weighted by Crippen LogP contribution is -2.10. The van der Waals surface area contributed by atoms with Gasteiger partial charge in [0.25, 0.3) is 0 Å². The highest BCUT2D eigenvalue weighted by Crippen LogP contribution is 2.35. The number of para-hydroxylation sites is 1. The molecule has 1 N–H and O–H groups in total. The number of aromatic hydroxyl groups is 1. The molecule has 30 heavy (non-hydrogen) atoms. The van der Waals surface area contributed by atoms with Gasteiger partial charge in [0, 0.05) is 17.4 Å². The Kier molecular flexibility index (Phi) is 6.86. The summed E-state index contributed by atoms with van der Waals surface area (Å²) in [6, 6.07) is 13.2. The Morgan fingerprint density at radius 2 is 1.77 bits per heavy atom. The van der Waals surface area contributed by atoms with Crippen molar-refractivity contribution >= 4 is 38.6 Å².